The minimum atomic E-state index is -0.140. The summed E-state index contributed by atoms with van der Waals surface area (Å²) in [6.45, 7) is 4.26. The van der Waals surface area contributed by atoms with E-state index in [0.717, 1.165) is 12.2 Å². The Hall–Kier alpha value is -1.91. The Kier molecular flexibility index (Phi) is 3.08. The third-order valence-electron chi connectivity index (χ3n) is 2.57. The van der Waals surface area contributed by atoms with Crippen LogP contribution in [0.15, 0.2) is 18.3 Å². The monoisotopic (exact) mass is 232 g/mol. The average molecular weight is 232 g/mol. The fourth-order valence-corrected chi connectivity index (χ4v) is 1.78. The highest BCUT2D eigenvalue weighted by Gasteiger charge is 2.14. The van der Waals surface area contributed by atoms with E-state index in [0.29, 0.717) is 17.1 Å². The maximum absolute atomic E-state index is 11.7. The number of hydrogen-bond donors (Lipinski definition) is 1. The summed E-state index contributed by atoms with van der Waals surface area (Å²) < 4.78 is 1.88. The van der Waals surface area contributed by atoms with Crippen molar-refractivity contribution in [3.05, 3.63) is 29.7 Å². The molecule has 2 aromatic heterocycles. The molecule has 0 saturated carbocycles. The van der Waals surface area contributed by atoms with Crippen molar-refractivity contribution in [1.82, 2.24) is 19.9 Å². The van der Waals surface area contributed by atoms with E-state index in [1.807, 2.05) is 16.7 Å². The van der Waals surface area contributed by atoms with E-state index in [1.165, 1.54) is 0 Å². The van der Waals surface area contributed by atoms with Crippen LogP contribution in [0.3, 0.4) is 0 Å². The normalized spacial score (nSPS) is 11.1. The van der Waals surface area contributed by atoms with Gasteiger partial charge in [-0.05, 0) is 18.1 Å². The average Bonchev–Trinajstić information content (AvgIpc) is 2.71. The molecule has 2 heterocycles. The van der Waals surface area contributed by atoms with Gasteiger partial charge >= 0.3 is 0 Å². The Bertz CT molecular complexity index is 544. The largest absolute Gasteiger partial charge is 0.355 e. The molecule has 0 aliphatic heterocycles. The van der Waals surface area contributed by atoms with Gasteiger partial charge in [0.15, 0.2) is 5.65 Å². The van der Waals surface area contributed by atoms with Crippen LogP contribution in [0.25, 0.3) is 5.65 Å². The maximum Gasteiger partial charge on any atom is 0.254 e. The zero-order chi connectivity index (χ0) is 12.4. The number of carbonyl (C=O) groups excluding carboxylic acids is 1. The summed E-state index contributed by atoms with van der Waals surface area (Å²) in [7, 11) is 1.61. The van der Waals surface area contributed by atoms with E-state index in [1.54, 1.807) is 13.1 Å². The van der Waals surface area contributed by atoms with Gasteiger partial charge in [-0.2, -0.15) is 0 Å². The molecule has 17 heavy (non-hydrogen) atoms. The zero-order valence-electron chi connectivity index (χ0n) is 10.3. The highest BCUT2D eigenvalue weighted by molar-refractivity contribution is 5.99. The predicted octanol–water partition coefficient (Wildman–Crippen LogP) is 1.29. The molecule has 0 unspecified atom stereocenters. The molecular weight excluding hydrogens is 216 g/mol. The van der Waals surface area contributed by atoms with Gasteiger partial charge in [0.2, 0.25) is 0 Å². The lowest BCUT2D eigenvalue weighted by atomic mass is 10.1. The van der Waals surface area contributed by atoms with Gasteiger partial charge in [0.05, 0.1) is 5.56 Å². The van der Waals surface area contributed by atoms with E-state index < -0.39 is 0 Å². The van der Waals surface area contributed by atoms with Crippen molar-refractivity contribution in [2.45, 2.75) is 20.3 Å². The standard InChI is InChI=1S/C12H16N4O/c1-8(2)7-10-14-15-11-9(12(17)13-3)5-4-6-16(10)11/h4-6,8H,7H2,1-3H3,(H,13,17). The number of carbonyl (C=O) groups is 1. The van der Waals surface area contributed by atoms with Crippen molar-refractivity contribution >= 4 is 11.6 Å². The number of fused-ring (bicyclic) bond motifs is 1. The van der Waals surface area contributed by atoms with Gasteiger partial charge in [-0.25, -0.2) is 0 Å². The van der Waals surface area contributed by atoms with Crippen molar-refractivity contribution in [1.29, 1.82) is 0 Å². The Morgan fingerprint density at radius 2 is 2.24 bits per heavy atom. The highest BCUT2D eigenvalue weighted by Crippen LogP contribution is 2.12. The Morgan fingerprint density at radius 1 is 1.47 bits per heavy atom. The Labute approximate surface area is 99.9 Å². The SMILES string of the molecule is CNC(=O)c1cccn2c(CC(C)C)nnc12. The molecule has 1 amide bonds. The molecule has 5 heteroatoms. The molecule has 0 bridgehead atoms. The number of rotatable bonds is 3. The van der Waals surface area contributed by atoms with Gasteiger partial charge in [0, 0.05) is 19.7 Å². The fraction of sp³-hybridized carbons (Fsp3) is 0.417. The second-order valence-corrected chi connectivity index (χ2v) is 4.41. The first-order valence-corrected chi connectivity index (χ1v) is 5.68. The number of amides is 1. The lowest BCUT2D eigenvalue weighted by molar-refractivity contribution is 0.0964. The van der Waals surface area contributed by atoms with Crippen LogP contribution in [-0.4, -0.2) is 27.6 Å². The van der Waals surface area contributed by atoms with Crippen LogP contribution in [-0.2, 0) is 6.42 Å². The van der Waals surface area contributed by atoms with Gasteiger partial charge in [0.25, 0.3) is 5.91 Å². The number of nitrogens with one attached hydrogen (secondary N) is 1. The van der Waals surface area contributed by atoms with Crippen molar-refractivity contribution < 1.29 is 4.79 Å². The summed E-state index contributed by atoms with van der Waals surface area (Å²) in [6.07, 6.45) is 2.73. The molecule has 2 rings (SSSR count). The molecule has 0 atom stereocenters. The van der Waals surface area contributed by atoms with E-state index in [9.17, 15) is 4.79 Å². The Morgan fingerprint density at radius 3 is 2.88 bits per heavy atom. The molecule has 1 N–H and O–H groups in total. The minimum absolute atomic E-state index is 0.140. The van der Waals surface area contributed by atoms with Crippen LogP contribution >= 0.6 is 0 Å². The molecule has 0 saturated heterocycles. The van der Waals surface area contributed by atoms with E-state index in [2.05, 4.69) is 29.4 Å². The van der Waals surface area contributed by atoms with Crippen molar-refractivity contribution in [3.63, 3.8) is 0 Å². The first-order chi connectivity index (χ1) is 8.13. The van der Waals surface area contributed by atoms with E-state index in [-0.39, 0.29) is 5.91 Å². The first-order valence-electron chi connectivity index (χ1n) is 5.68. The molecule has 90 valence electrons. The van der Waals surface area contributed by atoms with Crippen LogP contribution in [0, 0.1) is 5.92 Å². The van der Waals surface area contributed by atoms with Crippen molar-refractivity contribution in [2.24, 2.45) is 5.92 Å². The van der Waals surface area contributed by atoms with Crippen molar-refractivity contribution in [2.75, 3.05) is 7.05 Å². The number of aromatic nitrogens is 3. The summed E-state index contributed by atoms with van der Waals surface area (Å²) in [5, 5.41) is 10.8. The molecule has 2 aromatic rings. The number of hydrogen-bond acceptors (Lipinski definition) is 3. The smallest absolute Gasteiger partial charge is 0.254 e. The predicted molar refractivity (Wildman–Crippen MR) is 64.9 cm³/mol. The van der Waals surface area contributed by atoms with Crippen LogP contribution in [0.1, 0.15) is 30.0 Å². The molecular formula is C12H16N4O. The van der Waals surface area contributed by atoms with Crippen molar-refractivity contribution in [3.8, 4) is 0 Å². The van der Waals surface area contributed by atoms with Gasteiger partial charge in [0.1, 0.15) is 5.82 Å². The molecule has 0 radical (unpaired) electrons. The van der Waals surface area contributed by atoms with Gasteiger partial charge in [-0.3, -0.25) is 9.20 Å². The lowest BCUT2D eigenvalue weighted by Crippen LogP contribution is -2.18. The van der Waals surface area contributed by atoms with Crippen LogP contribution in [0.5, 0.6) is 0 Å². The summed E-state index contributed by atoms with van der Waals surface area (Å²) in [4.78, 5) is 11.7. The highest BCUT2D eigenvalue weighted by atomic mass is 16.1. The molecule has 0 aromatic carbocycles. The van der Waals surface area contributed by atoms with Crippen LogP contribution in [0.2, 0.25) is 0 Å². The molecule has 0 aliphatic carbocycles. The maximum atomic E-state index is 11.7. The molecule has 0 spiro atoms. The Balaban J connectivity index is 2.52. The first kappa shape index (κ1) is 11.6. The lowest BCUT2D eigenvalue weighted by Gasteiger charge is -2.04. The summed E-state index contributed by atoms with van der Waals surface area (Å²) in [5.41, 5.74) is 1.17. The van der Waals surface area contributed by atoms with E-state index >= 15 is 0 Å². The second kappa shape index (κ2) is 4.53. The quantitative estimate of drug-likeness (QED) is 0.867. The third-order valence-corrected chi connectivity index (χ3v) is 2.57. The minimum Gasteiger partial charge on any atom is -0.355 e. The molecule has 0 fully saturated rings. The second-order valence-electron chi connectivity index (χ2n) is 4.41. The zero-order valence-corrected chi connectivity index (χ0v) is 10.3. The third kappa shape index (κ3) is 2.13. The van der Waals surface area contributed by atoms with Gasteiger partial charge < -0.3 is 5.32 Å². The number of nitrogens with zero attached hydrogens (tertiary/aromatic N) is 3. The van der Waals surface area contributed by atoms with Crippen LogP contribution in [0.4, 0.5) is 0 Å². The van der Waals surface area contributed by atoms with E-state index in [4.69, 9.17) is 0 Å². The summed E-state index contributed by atoms with van der Waals surface area (Å²) in [5.74, 6) is 1.26. The molecule has 0 aliphatic rings. The van der Waals surface area contributed by atoms with Gasteiger partial charge in [-0.1, -0.05) is 13.8 Å². The van der Waals surface area contributed by atoms with Gasteiger partial charge in [-0.15, -0.1) is 10.2 Å². The fourth-order valence-electron chi connectivity index (χ4n) is 1.78. The molecule has 5 nitrogen and oxygen atoms in total. The summed E-state index contributed by atoms with van der Waals surface area (Å²) >= 11 is 0. The topological polar surface area (TPSA) is 59.3 Å². The van der Waals surface area contributed by atoms with Crippen LogP contribution < -0.4 is 5.32 Å². The number of pyridine rings is 1. The summed E-state index contributed by atoms with van der Waals surface area (Å²) in [6, 6.07) is 3.59.